The van der Waals surface area contributed by atoms with E-state index in [0.717, 1.165) is 0 Å². The molecule has 1 amide bonds. The zero-order valence-corrected chi connectivity index (χ0v) is 13.7. The summed E-state index contributed by atoms with van der Waals surface area (Å²) in [7, 11) is 1.46. The largest absolute Gasteiger partial charge is 0.455 e. The van der Waals surface area contributed by atoms with Crippen molar-refractivity contribution in [1.82, 2.24) is 5.32 Å². The van der Waals surface area contributed by atoms with Crippen molar-refractivity contribution in [3.63, 3.8) is 0 Å². The standard InChI is InChI=1S/C19H14F4NO2/c1-24-18(25)16-14-7-2-11(8-9-19(21,22)23)10-15(14)26-17(16)12-3-5-13(20)6-4-12/h3-7,10H,8-9H2,1H3,(H,24,25). The smallest absolute Gasteiger partial charge is 0.389 e. The molecule has 7 heteroatoms. The normalized spacial score (nSPS) is 11.7. The Balaban J connectivity index is 2.08. The van der Waals surface area contributed by atoms with E-state index in [-0.39, 0.29) is 23.3 Å². The van der Waals surface area contributed by atoms with Gasteiger partial charge in [0.25, 0.3) is 5.91 Å². The van der Waals surface area contributed by atoms with Crippen molar-refractivity contribution < 1.29 is 26.8 Å². The van der Waals surface area contributed by atoms with E-state index in [1.165, 1.54) is 43.4 Å². The Hall–Kier alpha value is -2.83. The molecule has 1 heterocycles. The summed E-state index contributed by atoms with van der Waals surface area (Å²) in [5.74, 6) is -0.630. The molecule has 0 bridgehead atoms. The molecule has 3 aromatic rings. The third kappa shape index (κ3) is 3.71. The van der Waals surface area contributed by atoms with E-state index in [1.807, 2.05) is 0 Å². The highest BCUT2D eigenvalue weighted by atomic mass is 19.4. The summed E-state index contributed by atoms with van der Waals surface area (Å²) in [6.45, 7) is 0. The van der Waals surface area contributed by atoms with Crippen LogP contribution in [0.15, 0.2) is 40.8 Å². The minimum atomic E-state index is -4.27. The Bertz CT molecular complexity index is 943. The molecule has 2 aromatic carbocycles. The number of carbonyl (C=O) groups is 1. The molecule has 0 aliphatic carbocycles. The molecule has 3 nitrogen and oxygen atoms in total. The number of nitrogens with one attached hydrogen (secondary N) is 1. The van der Waals surface area contributed by atoms with Gasteiger partial charge in [-0.1, -0.05) is 0 Å². The number of rotatable bonds is 4. The molecule has 0 atom stereocenters. The molecular formula is C19H14F4NO2. The Labute approximate surface area is 146 Å². The van der Waals surface area contributed by atoms with E-state index in [1.54, 1.807) is 0 Å². The van der Waals surface area contributed by atoms with Crippen molar-refractivity contribution in [3.8, 4) is 11.3 Å². The average molecular weight is 364 g/mol. The van der Waals surface area contributed by atoms with Crippen LogP contribution in [0.2, 0.25) is 0 Å². The number of hydrogen-bond donors (Lipinski definition) is 1. The first kappa shape index (κ1) is 18.0. The fraction of sp³-hybridized carbons (Fsp3) is 0.211. The Morgan fingerprint density at radius 2 is 1.92 bits per heavy atom. The summed E-state index contributed by atoms with van der Waals surface area (Å²) in [5.41, 5.74) is 1.32. The number of aryl methyl sites for hydroxylation is 1. The molecule has 135 valence electrons. The SMILES string of the molecule is CNC(=O)c1c(-c2ccc(F)cc2)oc2cc(CCC(F)(F)F)[c]cc12. The minimum absolute atomic E-state index is 0.223. The monoisotopic (exact) mass is 364 g/mol. The third-order valence-corrected chi connectivity index (χ3v) is 3.92. The summed E-state index contributed by atoms with van der Waals surface area (Å²) in [4.78, 5) is 12.3. The third-order valence-electron chi connectivity index (χ3n) is 3.92. The van der Waals surface area contributed by atoms with Crippen LogP contribution in [0.1, 0.15) is 22.3 Å². The van der Waals surface area contributed by atoms with E-state index in [0.29, 0.717) is 16.5 Å². The molecule has 0 fully saturated rings. The van der Waals surface area contributed by atoms with Crippen molar-refractivity contribution in [2.24, 2.45) is 0 Å². The van der Waals surface area contributed by atoms with Gasteiger partial charge in [0, 0.05) is 24.4 Å². The zero-order valence-electron chi connectivity index (χ0n) is 13.7. The maximum absolute atomic E-state index is 13.2. The molecule has 1 radical (unpaired) electrons. The first-order valence-corrected chi connectivity index (χ1v) is 7.80. The molecule has 0 spiro atoms. The van der Waals surface area contributed by atoms with Crippen LogP contribution in [-0.2, 0) is 6.42 Å². The lowest BCUT2D eigenvalue weighted by Gasteiger charge is -2.05. The van der Waals surface area contributed by atoms with Crippen molar-refractivity contribution in [2.75, 3.05) is 7.05 Å². The van der Waals surface area contributed by atoms with Crippen LogP contribution in [0.25, 0.3) is 22.3 Å². The predicted molar refractivity (Wildman–Crippen MR) is 88.2 cm³/mol. The lowest BCUT2D eigenvalue weighted by Crippen LogP contribution is -2.18. The Kier molecular flexibility index (Phi) is 4.71. The second kappa shape index (κ2) is 6.82. The predicted octanol–water partition coefficient (Wildman–Crippen LogP) is 4.89. The van der Waals surface area contributed by atoms with Gasteiger partial charge in [-0.2, -0.15) is 13.2 Å². The van der Waals surface area contributed by atoms with Crippen LogP contribution in [0.3, 0.4) is 0 Å². The minimum Gasteiger partial charge on any atom is -0.455 e. The molecule has 0 aliphatic rings. The van der Waals surface area contributed by atoms with Gasteiger partial charge in [-0.15, -0.1) is 0 Å². The first-order valence-electron chi connectivity index (χ1n) is 7.80. The maximum Gasteiger partial charge on any atom is 0.389 e. The topological polar surface area (TPSA) is 42.2 Å². The van der Waals surface area contributed by atoms with Crippen molar-refractivity contribution in [1.29, 1.82) is 0 Å². The molecule has 26 heavy (non-hydrogen) atoms. The van der Waals surface area contributed by atoms with Gasteiger partial charge >= 0.3 is 6.18 Å². The van der Waals surface area contributed by atoms with Gasteiger partial charge in [0.1, 0.15) is 17.2 Å². The molecular weight excluding hydrogens is 350 g/mol. The van der Waals surface area contributed by atoms with Crippen molar-refractivity contribution in [3.05, 3.63) is 59.4 Å². The molecule has 0 unspecified atom stereocenters. The molecule has 0 aliphatic heterocycles. The van der Waals surface area contributed by atoms with Crippen LogP contribution in [0.4, 0.5) is 17.6 Å². The van der Waals surface area contributed by atoms with Crippen LogP contribution < -0.4 is 5.32 Å². The van der Waals surface area contributed by atoms with E-state index in [4.69, 9.17) is 4.42 Å². The highest BCUT2D eigenvalue weighted by Gasteiger charge is 2.27. The number of benzene rings is 2. The van der Waals surface area contributed by atoms with Crippen molar-refractivity contribution >= 4 is 16.9 Å². The van der Waals surface area contributed by atoms with Crippen LogP contribution in [-0.4, -0.2) is 19.1 Å². The van der Waals surface area contributed by atoms with Crippen LogP contribution >= 0.6 is 0 Å². The van der Waals surface area contributed by atoms with Crippen LogP contribution in [0.5, 0.6) is 0 Å². The fourth-order valence-corrected chi connectivity index (χ4v) is 2.65. The van der Waals surface area contributed by atoms with Crippen LogP contribution in [0, 0.1) is 11.9 Å². The zero-order chi connectivity index (χ0) is 18.9. The molecule has 0 saturated carbocycles. The highest BCUT2D eigenvalue weighted by Crippen LogP contribution is 2.34. The molecule has 1 N–H and O–H groups in total. The number of amides is 1. The van der Waals surface area contributed by atoms with Crippen molar-refractivity contribution in [2.45, 2.75) is 19.0 Å². The summed E-state index contributed by atoms with van der Waals surface area (Å²) in [6.07, 6.45) is -5.47. The summed E-state index contributed by atoms with van der Waals surface area (Å²) < 4.78 is 56.1. The maximum atomic E-state index is 13.2. The van der Waals surface area contributed by atoms with Gasteiger partial charge in [-0.3, -0.25) is 4.79 Å². The second-order valence-electron chi connectivity index (χ2n) is 5.74. The number of carbonyl (C=O) groups excluding carboxylic acids is 1. The Morgan fingerprint density at radius 3 is 2.54 bits per heavy atom. The Morgan fingerprint density at radius 1 is 1.23 bits per heavy atom. The van der Waals surface area contributed by atoms with Gasteiger partial charge in [0.05, 0.1) is 5.56 Å². The van der Waals surface area contributed by atoms with E-state index in [9.17, 15) is 22.4 Å². The fourth-order valence-electron chi connectivity index (χ4n) is 2.65. The van der Waals surface area contributed by atoms with E-state index < -0.39 is 24.3 Å². The van der Waals surface area contributed by atoms with Gasteiger partial charge in [0.15, 0.2) is 0 Å². The molecule has 1 aromatic heterocycles. The number of furan rings is 1. The summed E-state index contributed by atoms with van der Waals surface area (Å²) in [6, 6.07) is 11.1. The lowest BCUT2D eigenvalue weighted by atomic mass is 10.0. The first-order chi connectivity index (χ1) is 12.3. The van der Waals surface area contributed by atoms with Gasteiger partial charge in [0.2, 0.25) is 0 Å². The van der Waals surface area contributed by atoms with Gasteiger partial charge in [-0.25, -0.2) is 4.39 Å². The summed E-state index contributed by atoms with van der Waals surface area (Å²) in [5, 5.41) is 2.94. The second-order valence-corrected chi connectivity index (χ2v) is 5.74. The average Bonchev–Trinajstić information content (AvgIpc) is 2.98. The number of hydrogen-bond acceptors (Lipinski definition) is 2. The molecule has 3 rings (SSSR count). The summed E-state index contributed by atoms with van der Waals surface area (Å²) >= 11 is 0. The highest BCUT2D eigenvalue weighted by molar-refractivity contribution is 6.11. The lowest BCUT2D eigenvalue weighted by molar-refractivity contribution is -0.134. The molecule has 0 saturated heterocycles. The number of alkyl halides is 3. The van der Waals surface area contributed by atoms with Gasteiger partial charge < -0.3 is 9.73 Å². The quantitative estimate of drug-likeness (QED) is 0.670. The van der Waals surface area contributed by atoms with Gasteiger partial charge in [-0.05, 0) is 54.4 Å². The number of halogens is 4. The van der Waals surface area contributed by atoms with E-state index in [2.05, 4.69) is 11.4 Å². The van der Waals surface area contributed by atoms with E-state index >= 15 is 0 Å². The number of fused-ring (bicyclic) bond motifs is 1.